The highest BCUT2D eigenvalue weighted by Gasteiger charge is 1.95. The van der Waals surface area contributed by atoms with Crippen LogP contribution in [0.15, 0.2) is 43.0 Å². The molecular formula is C10H12AlCl. The van der Waals surface area contributed by atoms with E-state index in [1.807, 2.05) is 12.1 Å². The summed E-state index contributed by atoms with van der Waals surface area (Å²) in [5, 5.41) is 0. The van der Waals surface area contributed by atoms with Crippen molar-refractivity contribution < 1.29 is 0 Å². The summed E-state index contributed by atoms with van der Waals surface area (Å²) in [7, 11) is 0. The van der Waals surface area contributed by atoms with Crippen molar-refractivity contribution in [3.05, 3.63) is 48.6 Å². The zero-order chi connectivity index (χ0) is 8.10. The Morgan fingerprint density at radius 1 is 1.33 bits per heavy atom. The SMILES string of the molecule is C=C[CH]([Al])Cc1ccccc1.Cl. The van der Waals surface area contributed by atoms with E-state index in [1.165, 1.54) is 5.56 Å². The fourth-order valence-corrected chi connectivity index (χ4v) is 1.24. The van der Waals surface area contributed by atoms with Gasteiger partial charge >= 0.3 is 0 Å². The molecule has 0 aliphatic rings. The highest BCUT2D eigenvalue weighted by atomic mass is 35.5. The number of hydrogen-bond donors (Lipinski definition) is 0. The molecule has 0 bridgehead atoms. The second-order valence-corrected chi connectivity index (χ2v) is 3.45. The van der Waals surface area contributed by atoms with E-state index in [1.54, 1.807) is 0 Å². The predicted octanol–water partition coefficient (Wildman–Crippen LogP) is 2.79. The molecule has 0 saturated carbocycles. The van der Waals surface area contributed by atoms with Crippen LogP contribution >= 0.6 is 12.4 Å². The van der Waals surface area contributed by atoms with Crippen LogP contribution in [-0.2, 0) is 6.42 Å². The van der Waals surface area contributed by atoms with Crippen LogP contribution < -0.4 is 0 Å². The standard InChI is InChI=1S/C10H11.Al.ClH/c1-2-3-7-10-8-5-4-6-9-10;;/h2-6,8-9H,1,7H2;;1H. The summed E-state index contributed by atoms with van der Waals surface area (Å²) in [6, 6.07) is 10.4. The van der Waals surface area contributed by atoms with Gasteiger partial charge in [-0.15, -0.1) is 25.1 Å². The predicted molar refractivity (Wildman–Crippen MR) is 57.1 cm³/mol. The van der Waals surface area contributed by atoms with Crippen molar-refractivity contribution in [3.8, 4) is 0 Å². The van der Waals surface area contributed by atoms with Crippen LogP contribution in [0.2, 0.25) is 4.78 Å². The van der Waals surface area contributed by atoms with Gasteiger partial charge in [-0.05, 0) is 12.0 Å². The molecule has 0 fully saturated rings. The van der Waals surface area contributed by atoms with Crippen molar-refractivity contribution in [1.82, 2.24) is 0 Å². The second-order valence-electron chi connectivity index (χ2n) is 2.59. The molecule has 0 saturated heterocycles. The number of hydrogen-bond acceptors (Lipinski definition) is 0. The molecule has 1 aromatic carbocycles. The molecule has 1 unspecified atom stereocenters. The number of benzene rings is 1. The second kappa shape index (κ2) is 6.32. The average molecular weight is 195 g/mol. The molecule has 0 nitrogen and oxygen atoms in total. The first kappa shape index (κ1) is 11.8. The average Bonchev–Trinajstić information content (AvgIpc) is 2.06. The Bertz CT molecular complexity index is 221. The van der Waals surface area contributed by atoms with Crippen molar-refractivity contribution in [2.45, 2.75) is 11.2 Å². The molecule has 0 aromatic heterocycles. The third kappa shape index (κ3) is 3.97. The molecule has 2 radical (unpaired) electrons. The molecule has 0 heterocycles. The topological polar surface area (TPSA) is 0 Å². The van der Waals surface area contributed by atoms with E-state index in [0.29, 0.717) is 4.78 Å². The van der Waals surface area contributed by atoms with Gasteiger partial charge in [-0.3, -0.25) is 0 Å². The zero-order valence-corrected chi connectivity index (χ0v) is 8.91. The van der Waals surface area contributed by atoms with E-state index in [0.717, 1.165) is 6.42 Å². The first-order valence-corrected chi connectivity index (χ1v) is 4.41. The number of rotatable bonds is 3. The van der Waals surface area contributed by atoms with Crippen molar-refractivity contribution in [2.75, 3.05) is 0 Å². The van der Waals surface area contributed by atoms with E-state index in [2.05, 4.69) is 47.1 Å². The normalized spacial score (nSPS) is 11.3. The van der Waals surface area contributed by atoms with Gasteiger partial charge < -0.3 is 0 Å². The van der Waals surface area contributed by atoms with Crippen LogP contribution in [0.1, 0.15) is 5.56 Å². The smallest absolute Gasteiger partial charge is 0.131 e. The lowest BCUT2D eigenvalue weighted by molar-refractivity contribution is 0.997. The molecule has 1 rings (SSSR count). The largest absolute Gasteiger partial charge is 0.147 e. The Morgan fingerprint density at radius 2 is 1.92 bits per heavy atom. The fraction of sp³-hybridized carbons (Fsp3) is 0.200. The molecule has 0 aliphatic carbocycles. The summed E-state index contributed by atoms with van der Waals surface area (Å²) < 4.78 is 0.498. The number of halogens is 1. The molecule has 12 heavy (non-hydrogen) atoms. The minimum atomic E-state index is 0. The Labute approximate surface area is 88.5 Å². The van der Waals surface area contributed by atoms with Crippen LogP contribution in [0.25, 0.3) is 0 Å². The molecule has 0 amide bonds. The maximum Gasteiger partial charge on any atom is 0.131 e. The molecule has 0 aliphatic heterocycles. The minimum Gasteiger partial charge on any atom is -0.147 e. The van der Waals surface area contributed by atoms with Crippen LogP contribution in [0.4, 0.5) is 0 Å². The van der Waals surface area contributed by atoms with Crippen LogP contribution in [0.5, 0.6) is 0 Å². The number of allylic oxidation sites excluding steroid dienone is 1. The minimum absolute atomic E-state index is 0. The first-order valence-electron chi connectivity index (χ1n) is 3.75. The summed E-state index contributed by atoms with van der Waals surface area (Å²) in [6.07, 6.45) is 3.02. The highest BCUT2D eigenvalue weighted by molar-refractivity contribution is 6.13. The lowest BCUT2D eigenvalue weighted by Crippen LogP contribution is -1.92. The van der Waals surface area contributed by atoms with E-state index in [-0.39, 0.29) is 12.4 Å². The third-order valence-corrected chi connectivity index (χ3v) is 2.12. The highest BCUT2D eigenvalue weighted by Crippen LogP contribution is 2.10. The van der Waals surface area contributed by atoms with Crippen LogP contribution in [0, 0.1) is 0 Å². The quantitative estimate of drug-likeness (QED) is 0.513. The van der Waals surface area contributed by atoms with E-state index in [4.69, 9.17) is 0 Å². The maximum atomic E-state index is 3.74. The summed E-state index contributed by atoms with van der Waals surface area (Å²) in [6.45, 7) is 3.74. The Morgan fingerprint density at radius 3 is 2.42 bits per heavy atom. The van der Waals surface area contributed by atoms with Crippen molar-refractivity contribution >= 4 is 28.7 Å². The van der Waals surface area contributed by atoms with Gasteiger partial charge in [0.15, 0.2) is 0 Å². The monoisotopic (exact) mass is 194 g/mol. The van der Waals surface area contributed by atoms with Gasteiger partial charge in [0.2, 0.25) is 0 Å². The van der Waals surface area contributed by atoms with Crippen LogP contribution in [0.3, 0.4) is 0 Å². The third-order valence-electron chi connectivity index (χ3n) is 1.62. The van der Waals surface area contributed by atoms with Gasteiger partial charge in [-0.1, -0.05) is 35.1 Å². The molecule has 1 aromatic rings. The van der Waals surface area contributed by atoms with Crippen LogP contribution in [-0.4, -0.2) is 16.3 Å². The Balaban J connectivity index is 0.00000121. The van der Waals surface area contributed by atoms with Gasteiger partial charge in [0.1, 0.15) is 16.3 Å². The molecule has 1 atom stereocenters. The molecule has 0 N–H and O–H groups in total. The zero-order valence-electron chi connectivity index (χ0n) is 6.94. The van der Waals surface area contributed by atoms with Crippen molar-refractivity contribution in [3.63, 3.8) is 0 Å². The molecular weight excluding hydrogens is 183 g/mol. The van der Waals surface area contributed by atoms with E-state index in [9.17, 15) is 0 Å². The summed E-state index contributed by atoms with van der Waals surface area (Å²) in [5.74, 6) is 0. The van der Waals surface area contributed by atoms with Gasteiger partial charge in [0.25, 0.3) is 0 Å². The lowest BCUT2D eigenvalue weighted by atomic mass is 10.1. The van der Waals surface area contributed by atoms with Crippen molar-refractivity contribution in [2.24, 2.45) is 0 Å². The summed E-state index contributed by atoms with van der Waals surface area (Å²) in [5.41, 5.74) is 1.37. The van der Waals surface area contributed by atoms with Gasteiger partial charge in [-0.2, -0.15) is 0 Å². The molecule has 0 spiro atoms. The first-order chi connectivity index (χ1) is 5.33. The fourth-order valence-electron chi connectivity index (χ4n) is 0.970. The lowest BCUT2D eigenvalue weighted by Gasteiger charge is -2.05. The van der Waals surface area contributed by atoms with Gasteiger partial charge in [0, 0.05) is 0 Å². The van der Waals surface area contributed by atoms with E-state index >= 15 is 0 Å². The molecule has 2 heteroatoms. The summed E-state index contributed by atoms with van der Waals surface area (Å²) in [4.78, 5) is 0. The Hall–Kier alpha value is -0.218. The Kier molecular flexibility index (Phi) is 6.20. The van der Waals surface area contributed by atoms with Gasteiger partial charge in [-0.25, -0.2) is 0 Å². The van der Waals surface area contributed by atoms with Gasteiger partial charge in [0.05, 0.1) is 0 Å². The maximum absolute atomic E-state index is 3.74. The van der Waals surface area contributed by atoms with E-state index < -0.39 is 0 Å². The van der Waals surface area contributed by atoms with Crippen molar-refractivity contribution in [1.29, 1.82) is 0 Å². The summed E-state index contributed by atoms with van der Waals surface area (Å²) >= 11 is 2.76. The molecule has 62 valence electrons.